The molecule has 8 nitrogen and oxygen atoms in total. The number of furan rings is 1. The number of carbonyl (C=O) groups excluding carboxylic acids is 2. The van der Waals surface area contributed by atoms with Crippen LogP contribution in [0.2, 0.25) is 0 Å². The Morgan fingerprint density at radius 2 is 1.82 bits per heavy atom. The van der Waals surface area contributed by atoms with Gasteiger partial charge in [0.15, 0.2) is 5.76 Å². The molecule has 0 unspecified atom stereocenters. The van der Waals surface area contributed by atoms with Gasteiger partial charge in [-0.05, 0) is 47.8 Å². The van der Waals surface area contributed by atoms with Crippen LogP contribution in [0.4, 0.5) is 11.4 Å². The Kier molecular flexibility index (Phi) is 4.73. The van der Waals surface area contributed by atoms with E-state index in [0.29, 0.717) is 21.6 Å². The van der Waals surface area contributed by atoms with Gasteiger partial charge < -0.3 is 15.1 Å². The number of anilines is 2. The third-order valence-corrected chi connectivity index (χ3v) is 4.76. The minimum Gasteiger partial charge on any atom is -0.459 e. The van der Waals surface area contributed by atoms with Gasteiger partial charge in [0, 0.05) is 11.4 Å². The maximum absolute atomic E-state index is 12.3. The van der Waals surface area contributed by atoms with Crippen LogP contribution >= 0.6 is 11.3 Å². The highest BCUT2D eigenvalue weighted by molar-refractivity contribution is 7.16. The van der Waals surface area contributed by atoms with Crippen LogP contribution in [0.1, 0.15) is 10.6 Å². The average molecular weight is 394 g/mol. The second-order valence-corrected chi connectivity index (χ2v) is 6.77. The molecule has 4 aromatic rings. The zero-order chi connectivity index (χ0) is 19.5. The molecule has 2 N–H and O–H groups in total. The van der Waals surface area contributed by atoms with Crippen LogP contribution in [0, 0.1) is 0 Å². The molecule has 3 aromatic heterocycles. The number of benzene rings is 1. The van der Waals surface area contributed by atoms with Crippen LogP contribution in [0.5, 0.6) is 0 Å². The van der Waals surface area contributed by atoms with Gasteiger partial charge in [-0.25, -0.2) is 4.98 Å². The molecule has 0 saturated carbocycles. The first-order valence-corrected chi connectivity index (χ1v) is 9.15. The van der Waals surface area contributed by atoms with Crippen molar-refractivity contribution in [3.05, 3.63) is 76.5 Å². The van der Waals surface area contributed by atoms with E-state index in [9.17, 15) is 14.4 Å². The minimum atomic E-state index is -0.363. The Morgan fingerprint density at radius 3 is 2.54 bits per heavy atom. The first-order chi connectivity index (χ1) is 13.6. The number of nitrogens with one attached hydrogen (secondary N) is 2. The number of fused-ring (bicyclic) bond motifs is 1. The summed E-state index contributed by atoms with van der Waals surface area (Å²) in [4.78, 5) is 41.3. The largest absolute Gasteiger partial charge is 0.459 e. The van der Waals surface area contributed by atoms with Gasteiger partial charge in [0.1, 0.15) is 11.4 Å². The second-order valence-electron chi connectivity index (χ2n) is 5.87. The molecule has 0 radical (unpaired) electrons. The first kappa shape index (κ1) is 17.7. The molecule has 4 rings (SSSR count). The third kappa shape index (κ3) is 3.69. The number of carbonyl (C=O) groups is 2. The Morgan fingerprint density at radius 1 is 1.07 bits per heavy atom. The van der Waals surface area contributed by atoms with Crippen LogP contribution in [-0.4, -0.2) is 21.4 Å². The zero-order valence-corrected chi connectivity index (χ0v) is 15.2. The van der Waals surface area contributed by atoms with Crippen LogP contribution < -0.4 is 16.2 Å². The predicted molar refractivity (Wildman–Crippen MR) is 106 cm³/mol. The molecule has 140 valence electrons. The summed E-state index contributed by atoms with van der Waals surface area (Å²) >= 11 is 1.38. The average Bonchev–Trinajstić information content (AvgIpc) is 3.37. The lowest BCUT2D eigenvalue weighted by atomic mass is 10.2. The van der Waals surface area contributed by atoms with Crippen molar-refractivity contribution in [2.75, 3.05) is 10.6 Å². The summed E-state index contributed by atoms with van der Waals surface area (Å²) in [7, 11) is 0. The molecule has 0 fully saturated rings. The van der Waals surface area contributed by atoms with Gasteiger partial charge >= 0.3 is 0 Å². The summed E-state index contributed by atoms with van der Waals surface area (Å²) in [5, 5.41) is 7.69. The summed E-state index contributed by atoms with van der Waals surface area (Å²) in [5.74, 6) is -0.512. The second kappa shape index (κ2) is 7.49. The summed E-state index contributed by atoms with van der Waals surface area (Å²) in [5.41, 5.74) is 0.846. The van der Waals surface area contributed by atoms with E-state index in [-0.39, 0.29) is 29.7 Å². The number of amides is 2. The monoisotopic (exact) mass is 394 g/mol. The molecule has 0 spiro atoms. The molecule has 9 heteroatoms. The highest BCUT2D eigenvalue weighted by Crippen LogP contribution is 2.16. The van der Waals surface area contributed by atoms with Crippen molar-refractivity contribution < 1.29 is 14.0 Å². The zero-order valence-electron chi connectivity index (χ0n) is 14.4. The van der Waals surface area contributed by atoms with E-state index in [4.69, 9.17) is 4.42 Å². The molecule has 28 heavy (non-hydrogen) atoms. The van der Waals surface area contributed by atoms with Crippen LogP contribution in [0.15, 0.2) is 69.6 Å². The van der Waals surface area contributed by atoms with Crippen molar-refractivity contribution >= 4 is 44.7 Å². The Labute approximate surface area is 162 Å². The fraction of sp³-hybridized carbons (Fsp3) is 0.0526. The van der Waals surface area contributed by atoms with Crippen molar-refractivity contribution in [3.8, 4) is 0 Å². The highest BCUT2D eigenvalue weighted by Gasteiger charge is 2.11. The van der Waals surface area contributed by atoms with Gasteiger partial charge in [0.25, 0.3) is 11.5 Å². The highest BCUT2D eigenvalue weighted by atomic mass is 32.1. The molecule has 0 aliphatic heterocycles. The molecule has 1 aromatic carbocycles. The molecule has 2 amide bonds. The van der Waals surface area contributed by atoms with Gasteiger partial charge in [-0.1, -0.05) is 0 Å². The fourth-order valence-corrected chi connectivity index (χ4v) is 3.32. The molecular weight excluding hydrogens is 380 g/mol. The molecule has 0 bridgehead atoms. The number of thiophene rings is 1. The van der Waals surface area contributed by atoms with Gasteiger partial charge in [0.2, 0.25) is 5.91 Å². The smallest absolute Gasteiger partial charge is 0.291 e. The fourth-order valence-electron chi connectivity index (χ4n) is 2.60. The Hall–Kier alpha value is -3.72. The van der Waals surface area contributed by atoms with Gasteiger partial charge in [0.05, 0.1) is 18.0 Å². The molecule has 0 aliphatic carbocycles. The lowest BCUT2D eigenvalue weighted by Gasteiger charge is -2.08. The van der Waals surface area contributed by atoms with Gasteiger partial charge in [-0.2, -0.15) is 0 Å². The first-order valence-electron chi connectivity index (χ1n) is 8.27. The molecule has 3 heterocycles. The SMILES string of the molecule is O=C(Cn1cnc2sccc2c1=O)Nc1ccc(NC(=O)c2ccco2)cc1. The van der Waals surface area contributed by atoms with E-state index >= 15 is 0 Å². The summed E-state index contributed by atoms with van der Waals surface area (Å²) < 4.78 is 6.30. The van der Waals surface area contributed by atoms with E-state index in [2.05, 4.69) is 15.6 Å². The number of aromatic nitrogens is 2. The number of hydrogen-bond donors (Lipinski definition) is 2. The number of nitrogens with zero attached hydrogens (tertiary/aromatic N) is 2. The van der Waals surface area contributed by atoms with Gasteiger partial charge in [-0.3, -0.25) is 19.0 Å². The maximum Gasteiger partial charge on any atom is 0.291 e. The van der Waals surface area contributed by atoms with Crippen LogP contribution in [-0.2, 0) is 11.3 Å². The predicted octanol–water partition coefficient (Wildman–Crippen LogP) is 2.94. The molecular formula is C19H14N4O4S. The van der Waals surface area contributed by atoms with Crippen molar-refractivity contribution in [1.29, 1.82) is 0 Å². The molecule has 0 aliphatic rings. The van der Waals surface area contributed by atoms with Crippen LogP contribution in [0.3, 0.4) is 0 Å². The van der Waals surface area contributed by atoms with E-state index in [1.54, 1.807) is 47.8 Å². The minimum absolute atomic E-state index is 0.144. The Balaban J connectivity index is 1.39. The normalized spacial score (nSPS) is 10.7. The number of hydrogen-bond acceptors (Lipinski definition) is 6. The molecule has 0 saturated heterocycles. The van der Waals surface area contributed by atoms with Crippen molar-refractivity contribution in [1.82, 2.24) is 9.55 Å². The standard InChI is InChI=1S/C19H14N4O4S/c24-16(10-23-11-20-18-14(19(23)26)7-9-28-18)21-12-3-5-13(6-4-12)22-17(25)15-2-1-8-27-15/h1-9,11H,10H2,(H,21,24)(H,22,25). The van der Waals surface area contributed by atoms with Crippen molar-refractivity contribution in [3.63, 3.8) is 0 Å². The van der Waals surface area contributed by atoms with Crippen molar-refractivity contribution in [2.45, 2.75) is 6.54 Å². The van der Waals surface area contributed by atoms with Crippen LogP contribution in [0.25, 0.3) is 10.2 Å². The maximum atomic E-state index is 12.3. The van der Waals surface area contributed by atoms with E-state index < -0.39 is 0 Å². The van der Waals surface area contributed by atoms with E-state index in [1.165, 1.54) is 28.5 Å². The van der Waals surface area contributed by atoms with Gasteiger partial charge in [-0.15, -0.1) is 11.3 Å². The number of rotatable bonds is 5. The lowest BCUT2D eigenvalue weighted by molar-refractivity contribution is -0.116. The third-order valence-electron chi connectivity index (χ3n) is 3.94. The topological polar surface area (TPSA) is 106 Å². The summed E-state index contributed by atoms with van der Waals surface area (Å²) in [6.07, 6.45) is 2.79. The van der Waals surface area contributed by atoms with Crippen molar-refractivity contribution in [2.24, 2.45) is 0 Å². The summed E-state index contributed by atoms with van der Waals surface area (Å²) in [6, 6.07) is 11.5. The quantitative estimate of drug-likeness (QED) is 0.541. The lowest BCUT2D eigenvalue weighted by Crippen LogP contribution is -2.27. The van der Waals surface area contributed by atoms with E-state index in [0.717, 1.165) is 0 Å². The molecule has 0 atom stereocenters. The van der Waals surface area contributed by atoms with E-state index in [1.807, 2.05) is 0 Å². The summed E-state index contributed by atoms with van der Waals surface area (Å²) in [6.45, 7) is -0.144. The Bertz CT molecular complexity index is 1190.